The van der Waals surface area contributed by atoms with Crippen molar-refractivity contribution in [2.45, 2.75) is 19.9 Å². The number of rotatable bonds is 7. The predicted molar refractivity (Wildman–Crippen MR) is 77.0 cm³/mol. The fourth-order valence-corrected chi connectivity index (χ4v) is 2.82. The van der Waals surface area contributed by atoms with E-state index in [1.807, 2.05) is 31.8 Å². The molecule has 96 valence electrons. The fraction of sp³-hybridized carbons (Fsp3) is 0.571. The van der Waals surface area contributed by atoms with E-state index in [0.29, 0.717) is 18.6 Å². The Morgan fingerprint density at radius 2 is 2.18 bits per heavy atom. The standard InChI is InChI=1S/C14H23NOS/c1-5-16-13-8-6-7-12(9-13)14(15-3)11(2)10-17-4/h6-9,11,14-15H,5,10H2,1-4H3. The first-order valence-corrected chi connectivity index (χ1v) is 7.51. The molecule has 1 aromatic rings. The van der Waals surface area contributed by atoms with E-state index in [1.165, 1.54) is 5.56 Å². The van der Waals surface area contributed by atoms with Gasteiger partial charge in [0.1, 0.15) is 5.75 Å². The molecule has 0 saturated carbocycles. The Bertz CT molecular complexity index is 330. The van der Waals surface area contributed by atoms with Gasteiger partial charge in [-0.25, -0.2) is 0 Å². The van der Waals surface area contributed by atoms with Crippen molar-refractivity contribution in [1.82, 2.24) is 5.32 Å². The molecule has 0 aliphatic carbocycles. The van der Waals surface area contributed by atoms with Crippen molar-refractivity contribution in [2.75, 3.05) is 25.7 Å². The van der Waals surface area contributed by atoms with Gasteiger partial charge in [-0.3, -0.25) is 0 Å². The van der Waals surface area contributed by atoms with Gasteiger partial charge in [-0.1, -0.05) is 19.1 Å². The summed E-state index contributed by atoms with van der Waals surface area (Å²) in [6, 6.07) is 8.78. The van der Waals surface area contributed by atoms with E-state index in [0.717, 1.165) is 11.5 Å². The highest BCUT2D eigenvalue weighted by atomic mass is 32.2. The van der Waals surface area contributed by atoms with E-state index in [9.17, 15) is 0 Å². The number of nitrogens with one attached hydrogen (secondary N) is 1. The molecule has 0 aliphatic heterocycles. The van der Waals surface area contributed by atoms with Crippen LogP contribution in [-0.2, 0) is 0 Å². The Hall–Kier alpha value is -0.670. The third-order valence-corrected chi connectivity index (χ3v) is 3.70. The maximum absolute atomic E-state index is 5.55. The largest absolute Gasteiger partial charge is 0.494 e. The molecule has 2 unspecified atom stereocenters. The van der Waals surface area contributed by atoms with Crippen molar-refractivity contribution in [2.24, 2.45) is 5.92 Å². The summed E-state index contributed by atoms with van der Waals surface area (Å²) in [7, 11) is 2.02. The molecule has 0 aromatic heterocycles. The second kappa shape index (κ2) is 7.62. The Kier molecular flexibility index (Phi) is 6.45. The third-order valence-electron chi connectivity index (χ3n) is 2.84. The molecule has 17 heavy (non-hydrogen) atoms. The van der Waals surface area contributed by atoms with Crippen molar-refractivity contribution in [1.29, 1.82) is 0 Å². The molecular weight excluding hydrogens is 230 g/mol. The lowest BCUT2D eigenvalue weighted by molar-refractivity contribution is 0.338. The van der Waals surface area contributed by atoms with Crippen LogP contribution in [0.4, 0.5) is 0 Å². The van der Waals surface area contributed by atoms with Gasteiger partial charge in [-0.2, -0.15) is 11.8 Å². The van der Waals surface area contributed by atoms with Crippen LogP contribution in [0.25, 0.3) is 0 Å². The normalized spacial score (nSPS) is 14.4. The molecule has 0 fully saturated rings. The fourth-order valence-electron chi connectivity index (χ4n) is 2.10. The van der Waals surface area contributed by atoms with Gasteiger partial charge in [0.2, 0.25) is 0 Å². The minimum absolute atomic E-state index is 0.392. The summed E-state index contributed by atoms with van der Waals surface area (Å²) in [5.41, 5.74) is 1.31. The lowest BCUT2D eigenvalue weighted by Crippen LogP contribution is -2.24. The molecule has 0 bridgehead atoms. The Balaban J connectivity index is 2.83. The molecule has 2 atom stereocenters. The van der Waals surface area contributed by atoms with Crippen molar-refractivity contribution in [3.8, 4) is 5.75 Å². The average molecular weight is 253 g/mol. The number of thioether (sulfide) groups is 1. The van der Waals surface area contributed by atoms with Gasteiger partial charge in [-0.15, -0.1) is 0 Å². The van der Waals surface area contributed by atoms with Crippen LogP contribution in [0.2, 0.25) is 0 Å². The molecule has 2 nitrogen and oxygen atoms in total. The van der Waals surface area contributed by atoms with Crippen LogP contribution in [0.1, 0.15) is 25.5 Å². The summed E-state index contributed by atoms with van der Waals surface area (Å²) >= 11 is 1.89. The van der Waals surface area contributed by atoms with E-state index in [-0.39, 0.29) is 0 Å². The van der Waals surface area contributed by atoms with Gasteiger partial charge in [-0.05, 0) is 49.6 Å². The van der Waals surface area contributed by atoms with Crippen molar-refractivity contribution >= 4 is 11.8 Å². The van der Waals surface area contributed by atoms with E-state index in [1.54, 1.807) is 0 Å². The van der Waals surface area contributed by atoms with Gasteiger partial charge >= 0.3 is 0 Å². The first kappa shape index (κ1) is 14.4. The zero-order chi connectivity index (χ0) is 12.7. The van der Waals surface area contributed by atoms with Crippen molar-refractivity contribution < 1.29 is 4.74 Å². The number of hydrogen-bond donors (Lipinski definition) is 1. The molecule has 0 amide bonds. The van der Waals surface area contributed by atoms with Crippen LogP contribution in [0.3, 0.4) is 0 Å². The zero-order valence-electron chi connectivity index (χ0n) is 11.2. The van der Waals surface area contributed by atoms with Crippen LogP contribution < -0.4 is 10.1 Å². The average Bonchev–Trinajstić information content (AvgIpc) is 2.31. The zero-order valence-corrected chi connectivity index (χ0v) is 12.0. The van der Waals surface area contributed by atoms with Crippen LogP contribution in [0.15, 0.2) is 24.3 Å². The summed E-state index contributed by atoms with van der Waals surface area (Å²) < 4.78 is 5.55. The highest BCUT2D eigenvalue weighted by Crippen LogP contribution is 2.26. The highest BCUT2D eigenvalue weighted by molar-refractivity contribution is 7.98. The first-order chi connectivity index (χ1) is 8.22. The number of ether oxygens (including phenoxy) is 1. The van der Waals surface area contributed by atoms with Gasteiger partial charge in [0.15, 0.2) is 0 Å². The summed E-state index contributed by atoms with van der Waals surface area (Å²) in [4.78, 5) is 0. The smallest absolute Gasteiger partial charge is 0.119 e. The third kappa shape index (κ3) is 4.25. The summed E-state index contributed by atoms with van der Waals surface area (Å²) in [5, 5.41) is 3.40. The van der Waals surface area contributed by atoms with Gasteiger partial charge in [0.25, 0.3) is 0 Å². The quantitative estimate of drug-likeness (QED) is 0.805. The van der Waals surface area contributed by atoms with Gasteiger partial charge in [0, 0.05) is 6.04 Å². The Labute approximate surface area is 109 Å². The van der Waals surface area contributed by atoms with Gasteiger partial charge in [0.05, 0.1) is 6.61 Å². The number of benzene rings is 1. The monoisotopic (exact) mass is 253 g/mol. The lowest BCUT2D eigenvalue weighted by atomic mass is 9.96. The minimum atomic E-state index is 0.392. The second-order valence-electron chi connectivity index (χ2n) is 4.20. The molecule has 0 radical (unpaired) electrons. The Morgan fingerprint density at radius 3 is 2.76 bits per heavy atom. The highest BCUT2D eigenvalue weighted by Gasteiger charge is 2.17. The van der Waals surface area contributed by atoms with E-state index >= 15 is 0 Å². The van der Waals surface area contributed by atoms with Crippen LogP contribution >= 0.6 is 11.8 Å². The summed E-state index contributed by atoms with van der Waals surface area (Å²) in [6.45, 7) is 5.01. The topological polar surface area (TPSA) is 21.3 Å². The molecule has 1 rings (SSSR count). The van der Waals surface area contributed by atoms with Crippen LogP contribution in [0.5, 0.6) is 5.75 Å². The van der Waals surface area contributed by atoms with Crippen LogP contribution in [-0.4, -0.2) is 25.7 Å². The lowest BCUT2D eigenvalue weighted by Gasteiger charge is -2.23. The van der Waals surface area contributed by atoms with Crippen molar-refractivity contribution in [3.05, 3.63) is 29.8 Å². The van der Waals surface area contributed by atoms with E-state index in [2.05, 4.69) is 36.7 Å². The molecule has 0 spiro atoms. The van der Waals surface area contributed by atoms with E-state index < -0.39 is 0 Å². The number of hydrogen-bond acceptors (Lipinski definition) is 3. The van der Waals surface area contributed by atoms with Gasteiger partial charge < -0.3 is 10.1 Å². The van der Waals surface area contributed by atoms with Crippen LogP contribution in [0, 0.1) is 5.92 Å². The van der Waals surface area contributed by atoms with E-state index in [4.69, 9.17) is 4.74 Å². The molecule has 0 saturated heterocycles. The molecule has 1 aromatic carbocycles. The first-order valence-electron chi connectivity index (χ1n) is 6.11. The SMILES string of the molecule is CCOc1cccc(C(NC)C(C)CSC)c1. The molecule has 0 aliphatic rings. The molecule has 1 N–H and O–H groups in total. The van der Waals surface area contributed by atoms with Crippen molar-refractivity contribution in [3.63, 3.8) is 0 Å². The second-order valence-corrected chi connectivity index (χ2v) is 5.12. The summed E-state index contributed by atoms with van der Waals surface area (Å²) in [6.07, 6.45) is 2.15. The molecule has 0 heterocycles. The minimum Gasteiger partial charge on any atom is -0.494 e. The predicted octanol–water partition coefficient (Wildman–Crippen LogP) is 3.34. The maximum atomic E-state index is 5.55. The maximum Gasteiger partial charge on any atom is 0.119 e. The summed E-state index contributed by atoms with van der Waals surface area (Å²) in [5.74, 6) is 2.72. The molecular formula is C14H23NOS. The Morgan fingerprint density at radius 1 is 1.41 bits per heavy atom. The molecule has 3 heteroatoms.